The third kappa shape index (κ3) is 7.56. The molecule has 0 fully saturated rings. The van der Waals surface area contributed by atoms with E-state index in [1.54, 1.807) is 24.3 Å². The van der Waals surface area contributed by atoms with Crippen molar-refractivity contribution in [1.29, 1.82) is 0 Å². The van der Waals surface area contributed by atoms with Crippen molar-refractivity contribution in [3.8, 4) is 11.5 Å². The van der Waals surface area contributed by atoms with Crippen molar-refractivity contribution >= 4 is 28.9 Å². The normalized spacial score (nSPS) is 10.4. The summed E-state index contributed by atoms with van der Waals surface area (Å²) < 4.78 is 11.2. The Hall–Kier alpha value is -2.60. The molecule has 2 rings (SSSR count). The standard InChI is InChI=1S/C22H28N2O3S/c1-4-14-26-19-9-5-17(6-10-19)21(25)24-22(28)23-18-7-11-20(12-8-18)27-15-13-16(2)3/h5-12,16H,4,13-15H2,1-3H3,(H2,23,24,25,28). The summed E-state index contributed by atoms with van der Waals surface area (Å²) in [4.78, 5) is 12.3. The van der Waals surface area contributed by atoms with Crippen LogP contribution in [0.2, 0.25) is 0 Å². The van der Waals surface area contributed by atoms with Gasteiger partial charge < -0.3 is 14.8 Å². The summed E-state index contributed by atoms with van der Waals surface area (Å²) in [7, 11) is 0. The number of carbonyl (C=O) groups excluding carboxylic acids is 1. The third-order valence-corrected chi connectivity index (χ3v) is 4.10. The fourth-order valence-electron chi connectivity index (χ4n) is 2.31. The van der Waals surface area contributed by atoms with E-state index in [1.807, 2.05) is 31.2 Å². The Labute approximate surface area is 172 Å². The van der Waals surface area contributed by atoms with E-state index in [9.17, 15) is 4.79 Å². The molecule has 0 heterocycles. The van der Waals surface area contributed by atoms with Crippen LogP contribution in [0.25, 0.3) is 0 Å². The minimum Gasteiger partial charge on any atom is -0.494 e. The first kappa shape index (κ1) is 21.7. The van der Waals surface area contributed by atoms with Crippen LogP contribution in [0.5, 0.6) is 11.5 Å². The minimum absolute atomic E-state index is 0.241. The second kappa shape index (κ2) is 11.3. The quantitative estimate of drug-likeness (QED) is 0.578. The van der Waals surface area contributed by atoms with E-state index in [4.69, 9.17) is 21.7 Å². The van der Waals surface area contributed by atoms with E-state index in [-0.39, 0.29) is 11.0 Å². The van der Waals surface area contributed by atoms with Crippen molar-refractivity contribution in [1.82, 2.24) is 5.32 Å². The van der Waals surface area contributed by atoms with Gasteiger partial charge in [0.15, 0.2) is 5.11 Å². The molecule has 0 saturated heterocycles. The highest BCUT2D eigenvalue weighted by Gasteiger charge is 2.08. The number of thiocarbonyl (C=S) groups is 1. The Morgan fingerprint density at radius 2 is 1.54 bits per heavy atom. The second-order valence-electron chi connectivity index (χ2n) is 6.84. The second-order valence-corrected chi connectivity index (χ2v) is 7.24. The van der Waals surface area contributed by atoms with Crippen LogP contribution >= 0.6 is 12.2 Å². The van der Waals surface area contributed by atoms with Crippen molar-refractivity contribution < 1.29 is 14.3 Å². The molecule has 150 valence electrons. The number of carbonyl (C=O) groups is 1. The van der Waals surface area contributed by atoms with E-state index in [0.717, 1.165) is 30.0 Å². The van der Waals surface area contributed by atoms with Crippen LogP contribution in [0.1, 0.15) is 44.0 Å². The highest BCUT2D eigenvalue weighted by Crippen LogP contribution is 2.17. The Balaban J connectivity index is 1.81. The van der Waals surface area contributed by atoms with Gasteiger partial charge in [-0.2, -0.15) is 0 Å². The van der Waals surface area contributed by atoms with E-state index >= 15 is 0 Å². The summed E-state index contributed by atoms with van der Waals surface area (Å²) in [6.45, 7) is 7.73. The topological polar surface area (TPSA) is 59.6 Å². The predicted molar refractivity (Wildman–Crippen MR) is 117 cm³/mol. The number of ether oxygens (including phenoxy) is 2. The molecule has 2 N–H and O–H groups in total. The van der Waals surface area contributed by atoms with Crippen LogP contribution in [-0.2, 0) is 0 Å². The predicted octanol–water partition coefficient (Wildman–Crippen LogP) is 5.03. The summed E-state index contributed by atoms with van der Waals surface area (Å²) in [5.41, 5.74) is 1.30. The number of anilines is 1. The molecule has 2 aromatic carbocycles. The van der Waals surface area contributed by atoms with E-state index in [2.05, 4.69) is 24.5 Å². The highest BCUT2D eigenvalue weighted by molar-refractivity contribution is 7.80. The lowest BCUT2D eigenvalue weighted by Gasteiger charge is -2.11. The SMILES string of the molecule is CCCOc1ccc(C(=O)NC(=S)Nc2ccc(OCCC(C)C)cc2)cc1. The van der Waals surface area contributed by atoms with Crippen LogP contribution in [0.15, 0.2) is 48.5 Å². The summed E-state index contributed by atoms with van der Waals surface area (Å²) >= 11 is 5.23. The van der Waals surface area contributed by atoms with Gasteiger partial charge in [-0.15, -0.1) is 0 Å². The molecule has 5 nitrogen and oxygen atoms in total. The zero-order valence-corrected chi connectivity index (χ0v) is 17.5. The molecule has 28 heavy (non-hydrogen) atoms. The Kier molecular flexibility index (Phi) is 8.75. The van der Waals surface area contributed by atoms with E-state index < -0.39 is 0 Å². The third-order valence-electron chi connectivity index (χ3n) is 3.89. The van der Waals surface area contributed by atoms with Gasteiger partial charge in [-0.25, -0.2) is 0 Å². The molecule has 0 aromatic heterocycles. The Morgan fingerprint density at radius 1 is 0.964 bits per heavy atom. The minimum atomic E-state index is -0.270. The fourth-order valence-corrected chi connectivity index (χ4v) is 2.52. The first-order valence-electron chi connectivity index (χ1n) is 9.56. The van der Waals surface area contributed by atoms with Gasteiger partial charge in [0.25, 0.3) is 5.91 Å². The first-order valence-corrected chi connectivity index (χ1v) is 9.96. The van der Waals surface area contributed by atoms with Gasteiger partial charge in [0.2, 0.25) is 0 Å². The van der Waals surface area contributed by atoms with Gasteiger partial charge >= 0.3 is 0 Å². The maximum absolute atomic E-state index is 12.3. The molecule has 0 unspecified atom stereocenters. The van der Waals surface area contributed by atoms with Gasteiger partial charge in [0.05, 0.1) is 13.2 Å². The van der Waals surface area contributed by atoms with Crippen molar-refractivity contribution in [3.63, 3.8) is 0 Å². The number of hydrogen-bond acceptors (Lipinski definition) is 4. The molecular formula is C22H28N2O3S. The maximum Gasteiger partial charge on any atom is 0.257 e. The Bertz CT molecular complexity index is 758. The molecule has 0 radical (unpaired) electrons. The van der Waals surface area contributed by atoms with Crippen LogP contribution in [0.4, 0.5) is 5.69 Å². The lowest BCUT2D eigenvalue weighted by Crippen LogP contribution is -2.34. The van der Waals surface area contributed by atoms with Crippen molar-refractivity contribution in [2.24, 2.45) is 5.92 Å². The molecular weight excluding hydrogens is 372 g/mol. The monoisotopic (exact) mass is 400 g/mol. The fraction of sp³-hybridized carbons (Fsp3) is 0.364. The maximum atomic E-state index is 12.3. The average molecular weight is 401 g/mol. The molecule has 2 aromatic rings. The molecule has 0 spiro atoms. The van der Waals surface area contributed by atoms with Gasteiger partial charge in [-0.1, -0.05) is 20.8 Å². The van der Waals surface area contributed by atoms with Gasteiger partial charge in [0.1, 0.15) is 11.5 Å². The molecule has 0 bridgehead atoms. The van der Waals surface area contributed by atoms with E-state index in [1.165, 1.54) is 0 Å². The van der Waals surface area contributed by atoms with Crippen molar-refractivity contribution in [2.75, 3.05) is 18.5 Å². The highest BCUT2D eigenvalue weighted by atomic mass is 32.1. The lowest BCUT2D eigenvalue weighted by atomic mass is 10.1. The smallest absolute Gasteiger partial charge is 0.257 e. The summed E-state index contributed by atoms with van der Waals surface area (Å²) in [6.07, 6.45) is 1.95. The van der Waals surface area contributed by atoms with Crippen LogP contribution < -0.4 is 20.1 Å². The zero-order valence-electron chi connectivity index (χ0n) is 16.7. The van der Waals surface area contributed by atoms with Gasteiger partial charge in [-0.05, 0) is 79.5 Å². The largest absolute Gasteiger partial charge is 0.494 e. The average Bonchev–Trinajstić information content (AvgIpc) is 2.67. The molecule has 0 aliphatic rings. The molecule has 0 saturated carbocycles. The number of rotatable bonds is 9. The summed E-state index contributed by atoms with van der Waals surface area (Å²) in [6, 6.07) is 14.5. The van der Waals surface area contributed by atoms with Crippen LogP contribution in [0, 0.1) is 5.92 Å². The number of hydrogen-bond donors (Lipinski definition) is 2. The molecule has 0 aliphatic heterocycles. The Morgan fingerprint density at radius 3 is 2.11 bits per heavy atom. The van der Waals surface area contributed by atoms with Gasteiger partial charge in [0, 0.05) is 11.3 Å². The number of amides is 1. The van der Waals surface area contributed by atoms with Crippen molar-refractivity contribution in [2.45, 2.75) is 33.6 Å². The molecule has 0 atom stereocenters. The number of nitrogens with one attached hydrogen (secondary N) is 2. The van der Waals surface area contributed by atoms with E-state index in [0.29, 0.717) is 24.7 Å². The number of benzene rings is 2. The van der Waals surface area contributed by atoms with Gasteiger partial charge in [-0.3, -0.25) is 10.1 Å². The summed E-state index contributed by atoms with van der Waals surface area (Å²) in [5, 5.41) is 5.92. The van der Waals surface area contributed by atoms with Crippen LogP contribution in [0.3, 0.4) is 0 Å². The molecule has 0 aliphatic carbocycles. The van der Waals surface area contributed by atoms with Crippen molar-refractivity contribution in [3.05, 3.63) is 54.1 Å². The molecule has 6 heteroatoms. The molecule has 1 amide bonds. The lowest BCUT2D eigenvalue weighted by molar-refractivity contribution is 0.0977. The van der Waals surface area contributed by atoms with Crippen LogP contribution in [-0.4, -0.2) is 24.2 Å². The zero-order chi connectivity index (χ0) is 20.4. The first-order chi connectivity index (χ1) is 13.5. The summed E-state index contributed by atoms with van der Waals surface area (Å²) in [5.74, 6) is 1.90.